The first kappa shape index (κ1) is 22.6. The molecule has 3 aromatic carbocycles. The normalized spacial score (nSPS) is 13.2. The zero-order valence-corrected chi connectivity index (χ0v) is 19.8. The molecule has 0 unspecified atom stereocenters. The molecule has 0 spiro atoms. The van der Waals surface area contributed by atoms with Gasteiger partial charge < -0.3 is 0 Å². The van der Waals surface area contributed by atoms with E-state index in [1.54, 1.807) is 42.5 Å². The molecule has 0 bridgehead atoms. The molecule has 2 heterocycles. The van der Waals surface area contributed by atoms with Crippen molar-refractivity contribution in [2.45, 2.75) is 20.4 Å². The van der Waals surface area contributed by atoms with Gasteiger partial charge in [-0.15, -0.1) is 0 Å². The number of amides is 2. The highest BCUT2D eigenvalue weighted by molar-refractivity contribution is 6.31. The van der Waals surface area contributed by atoms with Crippen molar-refractivity contribution < 1.29 is 9.59 Å². The minimum Gasteiger partial charge on any atom is -0.295 e. The third-order valence-corrected chi connectivity index (χ3v) is 6.36. The van der Waals surface area contributed by atoms with Crippen LogP contribution in [0.25, 0.3) is 5.69 Å². The number of hydrogen-bond donors (Lipinski definition) is 1. The Morgan fingerprint density at radius 3 is 2.23 bits per heavy atom. The Hall–Kier alpha value is -4.23. The average Bonchev–Trinajstić information content (AvgIpc) is 3.27. The van der Waals surface area contributed by atoms with Gasteiger partial charge in [-0.25, -0.2) is 4.68 Å². The monoisotopic (exact) mass is 484 g/mol. The first-order valence-electron chi connectivity index (χ1n) is 11.0. The van der Waals surface area contributed by atoms with Gasteiger partial charge in [0, 0.05) is 16.9 Å². The third kappa shape index (κ3) is 4.11. The molecule has 8 heteroatoms. The second-order valence-electron chi connectivity index (χ2n) is 8.40. The summed E-state index contributed by atoms with van der Waals surface area (Å²) in [6.45, 7) is 3.82. The molecule has 1 N–H and O–H groups in total. The number of aromatic amines is 1. The van der Waals surface area contributed by atoms with Gasteiger partial charge in [0.25, 0.3) is 17.4 Å². The van der Waals surface area contributed by atoms with Gasteiger partial charge in [0.1, 0.15) is 0 Å². The molecule has 0 atom stereocenters. The van der Waals surface area contributed by atoms with E-state index in [0.29, 0.717) is 38.7 Å². The molecule has 174 valence electrons. The number of hydrogen-bond acceptors (Lipinski definition) is 4. The molecule has 0 radical (unpaired) electrons. The number of nitrogens with one attached hydrogen (secondary N) is 1. The Kier molecular flexibility index (Phi) is 5.70. The van der Waals surface area contributed by atoms with E-state index in [1.165, 1.54) is 15.8 Å². The van der Waals surface area contributed by atoms with Crippen LogP contribution in [-0.4, -0.2) is 32.7 Å². The number of halogens is 1. The van der Waals surface area contributed by atoms with Crippen molar-refractivity contribution in [1.29, 1.82) is 0 Å². The summed E-state index contributed by atoms with van der Waals surface area (Å²) in [6.07, 6.45) is 1.51. The van der Waals surface area contributed by atoms with Crippen LogP contribution in [0.15, 0.2) is 76.5 Å². The van der Waals surface area contributed by atoms with Crippen molar-refractivity contribution in [3.05, 3.63) is 116 Å². The van der Waals surface area contributed by atoms with Crippen molar-refractivity contribution in [2.24, 2.45) is 4.99 Å². The van der Waals surface area contributed by atoms with Crippen molar-refractivity contribution in [2.75, 3.05) is 0 Å². The van der Waals surface area contributed by atoms with Crippen LogP contribution in [-0.2, 0) is 6.54 Å². The molecule has 1 aliphatic heterocycles. The number of aryl methyl sites for hydroxylation is 2. The summed E-state index contributed by atoms with van der Waals surface area (Å²) in [6, 6.07) is 19.4. The average molecular weight is 485 g/mol. The second-order valence-corrected chi connectivity index (χ2v) is 8.81. The van der Waals surface area contributed by atoms with Crippen molar-refractivity contribution in [3.8, 4) is 5.69 Å². The lowest BCUT2D eigenvalue weighted by atomic mass is 10.1. The highest BCUT2D eigenvalue weighted by Crippen LogP contribution is 2.28. The Balaban J connectivity index is 1.41. The standard InChI is InChI=1S/C27H21ClN4O3/c1-16-7-10-20(11-8-16)32-27(35)23(17(2)30-32)14-29-19-9-12-24(28)18(13-19)15-31-25(33)21-5-3-4-6-22(21)26(31)34/h3-14,30H,15H2,1-2H3. The maximum Gasteiger partial charge on any atom is 0.280 e. The molecule has 1 aliphatic rings. The molecule has 2 amide bonds. The fourth-order valence-corrected chi connectivity index (χ4v) is 4.22. The molecule has 35 heavy (non-hydrogen) atoms. The number of aromatic nitrogens is 2. The third-order valence-electron chi connectivity index (χ3n) is 5.99. The van der Waals surface area contributed by atoms with Crippen LogP contribution in [0, 0.1) is 13.8 Å². The molecule has 0 fully saturated rings. The molecular weight excluding hydrogens is 464 g/mol. The van der Waals surface area contributed by atoms with Gasteiger partial charge in [0.2, 0.25) is 0 Å². The van der Waals surface area contributed by atoms with Gasteiger partial charge in [-0.05, 0) is 61.9 Å². The number of carbonyl (C=O) groups is 2. The van der Waals surface area contributed by atoms with E-state index in [2.05, 4.69) is 10.1 Å². The van der Waals surface area contributed by atoms with E-state index in [4.69, 9.17) is 11.6 Å². The van der Waals surface area contributed by atoms with Crippen LogP contribution in [0.4, 0.5) is 5.69 Å². The summed E-state index contributed by atoms with van der Waals surface area (Å²) in [4.78, 5) is 44.1. The van der Waals surface area contributed by atoms with Gasteiger partial charge in [0.05, 0.1) is 34.6 Å². The molecule has 0 saturated heterocycles. The number of benzene rings is 3. The minimum atomic E-state index is -0.352. The first-order chi connectivity index (χ1) is 16.8. The van der Waals surface area contributed by atoms with Crippen LogP contribution >= 0.6 is 11.6 Å². The van der Waals surface area contributed by atoms with E-state index in [9.17, 15) is 14.4 Å². The van der Waals surface area contributed by atoms with Gasteiger partial charge in [-0.3, -0.25) is 29.4 Å². The topological polar surface area (TPSA) is 87.5 Å². The number of nitrogens with zero attached hydrogens (tertiary/aromatic N) is 3. The summed E-state index contributed by atoms with van der Waals surface area (Å²) >= 11 is 6.37. The van der Waals surface area contributed by atoms with E-state index in [1.807, 2.05) is 38.1 Å². The minimum absolute atomic E-state index is 0.0257. The number of rotatable bonds is 5. The Labute approximate surface area is 206 Å². The maximum absolute atomic E-state index is 13.0. The van der Waals surface area contributed by atoms with Crippen LogP contribution in [0.1, 0.15) is 43.1 Å². The molecule has 0 saturated carbocycles. The zero-order chi connectivity index (χ0) is 24.7. The van der Waals surface area contributed by atoms with Crippen LogP contribution < -0.4 is 5.56 Å². The smallest absolute Gasteiger partial charge is 0.280 e. The molecule has 1 aromatic heterocycles. The summed E-state index contributed by atoms with van der Waals surface area (Å²) in [5.41, 5.74) is 4.63. The number of fused-ring (bicyclic) bond motifs is 1. The van der Waals surface area contributed by atoms with Gasteiger partial charge in [-0.1, -0.05) is 41.4 Å². The Bertz CT molecular complexity index is 1530. The summed E-state index contributed by atoms with van der Waals surface area (Å²) in [5, 5.41) is 3.50. The molecule has 4 aromatic rings. The number of carbonyl (C=O) groups excluding carboxylic acids is 2. The SMILES string of the molecule is Cc1ccc(-n2[nH]c(C)c(C=Nc3ccc(Cl)c(CN4C(=O)c5ccccc5C4=O)c3)c2=O)cc1. The highest BCUT2D eigenvalue weighted by atomic mass is 35.5. The molecular formula is C27H21ClN4O3. The van der Waals surface area contributed by atoms with E-state index >= 15 is 0 Å². The quantitative estimate of drug-likeness (QED) is 0.320. The number of aliphatic imine (C=N–C) groups is 1. The summed E-state index contributed by atoms with van der Waals surface area (Å²) < 4.78 is 1.48. The van der Waals surface area contributed by atoms with Crippen LogP contribution in [0.5, 0.6) is 0 Å². The van der Waals surface area contributed by atoms with Crippen LogP contribution in [0.2, 0.25) is 5.02 Å². The van der Waals surface area contributed by atoms with Gasteiger partial charge in [0.15, 0.2) is 0 Å². The largest absolute Gasteiger partial charge is 0.295 e. The van der Waals surface area contributed by atoms with Gasteiger partial charge in [-0.2, -0.15) is 0 Å². The molecule has 5 rings (SSSR count). The van der Waals surface area contributed by atoms with Crippen LogP contribution in [0.3, 0.4) is 0 Å². The lowest BCUT2D eigenvalue weighted by molar-refractivity contribution is 0.0642. The lowest BCUT2D eigenvalue weighted by Crippen LogP contribution is -2.29. The van der Waals surface area contributed by atoms with Crippen molar-refractivity contribution in [3.63, 3.8) is 0 Å². The molecule has 0 aliphatic carbocycles. The van der Waals surface area contributed by atoms with Crippen molar-refractivity contribution in [1.82, 2.24) is 14.7 Å². The van der Waals surface area contributed by atoms with Gasteiger partial charge >= 0.3 is 0 Å². The Morgan fingerprint density at radius 1 is 0.914 bits per heavy atom. The van der Waals surface area contributed by atoms with E-state index in [0.717, 1.165) is 11.3 Å². The fraction of sp³-hybridized carbons (Fsp3) is 0.111. The molecule has 7 nitrogen and oxygen atoms in total. The number of imide groups is 1. The predicted molar refractivity (Wildman–Crippen MR) is 135 cm³/mol. The summed E-state index contributed by atoms with van der Waals surface area (Å²) in [5.74, 6) is -0.703. The first-order valence-corrected chi connectivity index (χ1v) is 11.4. The Morgan fingerprint density at radius 2 is 1.57 bits per heavy atom. The zero-order valence-electron chi connectivity index (χ0n) is 19.1. The summed E-state index contributed by atoms with van der Waals surface area (Å²) in [7, 11) is 0. The van der Waals surface area contributed by atoms with E-state index in [-0.39, 0.29) is 23.9 Å². The van der Waals surface area contributed by atoms with Crippen molar-refractivity contribution >= 4 is 35.3 Å². The highest BCUT2D eigenvalue weighted by Gasteiger charge is 2.35. The maximum atomic E-state index is 13.0. The lowest BCUT2D eigenvalue weighted by Gasteiger charge is -2.15. The van der Waals surface area contributed by atoms with E-state index < -0.39 is 0 Å². The number of H-pyrrole nitrogens is 1. The fourth-order valence-electron chi connectivity index (χ4n) is 4.04. The predicted octanol–water partition coefficient (Wildman–Crippen LogP) is 4.98. The second kappa shape index (κ2) is 8.85.